The van der Waals surface area contributed by atoms with Crippen LogP contribution in [0.25, 0.3) is 0 Å². The molecule has 5 heteroatoms. The molecule has 0 saturated carbocycles. The van der Waals surface area contributed by atoms with Crippen LogP contribution in [0.15, 0.2) is 0 Å². The van der Waals surface area contributed by atoms with E-state index in [2.05, 4.69) is 45.2 Å². The molecule has 0 saturated heterocycles. The number of benzene rings is 1. The van der Waals surface area contributed by atoms with E-state index in [0.717, 1.165) is 12.7 Å². The van der Waals surface area contributed by atoms with Crippen molar-refractivity contribution in [3.05, 3.63) is 16.3 Å². The van der Waals surface area contributed by atoms with Gasteiger partial charge in [-0.3, -0.25) is 0 Å². The predicted molar refractivity (Wildman–Crippen MR) is 72.7 cm³/mol. The zero-order valence-electron chi connectivity index (χ0n) is 6.03. The molecule has 2 N–H and O–H groups in total. The largest absolute Gasteiger partial charge is 0.504 e. The summed E-state index contributed by atoms with van der Waals surface area (Å²) in [7, 11) is 0. The summed E-state index contributed by atoms with van der Waals surface area (Å²) in [6, 6.07) is 0. The van der Waals surface area contributed by atoms with Crippen molar-refractivity contribution in [3.63, 3.8) is 0 Å². The molecule has 1 rings (SSSR count). The quantitative estimate of drug-likeness (QED) is 0.326. The zero-order chi connectivity index (χ0) is 9.46. The second kappa shape index (κ2) is 4.03. The molecule has 0 unspecified atom stereocenters. The second-order valence-corrected chi connectivity index (χ2v) is 5.50. The Bertz CT molecular complexity index is 231. The van der Waals surface area contributed by atoms with Crippen molar-refractivity contribution in [3.8, 4) is 11.5 Å². The number of phenols is 2. The lowest BCUT2D eigenvalue weighted by atomic mass is 10.2. The smallest absolute Gasteiger partial charge is 0.172 e. The molecule has 1 aromatic carbocycles. The Morgan fingerprint density at radius 2 is 1.33 bits per heavy atom. The normalized spacial score (nSPS) is 10.3. The fraction of sp³-hybridized carbons (Fsp3) is 0.143. The summed E-state index contributed by atoms with van der Waals surface area (Å²) in [6.07, 6.45) is 0. The zero-order valence-corrected chi connectivity index (χ0v) is 12.5. The third kappa shape index (κ3) is 1.76. The van der Waals surface area contributed by atoms with E-state index < -0.39 is 0 Å². The van der Waals surface area contributed by atoms with Gasteiger partial charge in [-0.15, -0.1) is 0 Å². The van der Waals surface area contributed by atoms with Crippen molar-refractivity contribution in [2.24, 2.45) is 0 Å². The average Bonchev–Trinajstić information content (AvgIpc) is 2.08. The van der Waals surface area contributed by atoms with Gasteiger partial charge in [0, 0.05) is 12.7 Å². The number of hydrogen-bond acceptors (Lipinski definition) is 2. The van der Waals surface area contributed by atoms with Gasteiger partial charge in [0.05, 0.1) is 3.57 Å². The van der Waals surface area contributed by atoms with Crippen LogP contribution in [0.2, 0.25) is 0 Å². The maximum Gasteiger partial charge on any atom is 0.172 e. The average molecular weight is 502 g/mol. The molecule has 0 atom stereocenters. The van der Waals surface area contributed by atoms with Gasteiger partial charge in [-0.05, 0) is 74.7 Å². The van der Waals surface area contributed by atoms with Crippen LogP contribution >= 0.6 is 67.8 Å². The number of hydrogen-bond donors (Lipinski definition) is 2. The minimum absolute atomic E-state index is 0.00999. The number of rotatable bonds is 0. The van der Waals surface area contributed by atoms with Crippen LogP contribution in [0.4, 0.5) is 0 Å². The van der Waals surface area contributed by atoms with E-state index in [-0.39, 0.29) is 11.5 Å². The maximum atomic E-state index is 9.43. The van der Waals surface area contributed by atoms with Crippen molar-refractivity contribution >= 4 is 67.8 Å². The van der Waals surface area contributed by atoms with Gasteiger partial charge >= 0.3 is 0 Å². The highest BCUT2D eigenvalue weighted by Crippen LogP contribution is 2.39. The molecular weight excluding hydrogens is 497 g/mol. The highest BCUT2D eigenvalue weighted by atomic mass is 127. The van der Waals surface area contributed by atoms with Gasteiger partial charge in [0.2, 0.25) is 0 Å². The monoisotopic (exact) mass is 502 g/mol. The molecule has 12 heavy (non-hydrogen) atoms. The number of phenolic OH excluding ortho intramolecular Hbond substituents is 2. The van der Waals surface area contributed by atoms with Gasteiger partial charge in [0.1, 0.15) is 0 Å². The molecule has 66 valence electrons. The van der Waals surface area contributed by atoms with E-state index in [9.17, 15) is 10.2 Å². The molecule has 2 nitrogen and oxygen atoms in total. The molecule has 1 aromatic rings. The van der Waals surface area contributed by atoms with E-state index in [1.54, 1.807) is 6.92 Å². The molecule has 0 amide bonds. The Hall–Kier alpha value is 1.01. The lowest BCUT2D eigenvalue weighted by molar-refractivity contribution is 0.397. The maximum absolute atomic E-state index is 9.43. The Morgan fingerprint density at radius 1 is 0.833 bits per heavy atom. The van der Waals surface area contributed by atoms with Crippen molar-refractivity contribution in [1.82, 2.24) is 0 Å². The summed E-state index contributed by atoms with van der Waals surface area (Å²) in [6.45, 7) is 1.79. The molecule has 0 aliphatic heterocycles. The molecular formula is C7H5I3O2. The minimum atomic E-state index is -0.0158. The molecule has 0 aromatic heterocycles. The van der Waals surface area contributed by atoms with Crippen LogP contribution in [0.5, 0.6) is 11.5 Å². The lowest BCUT2D eigenvalue weighted by Gasteiger charge is -2.09. The van der Waals surface area contributed by atoms with Gasteiger partial charge < -0.3 is 10.2 Å². The Labute approximate surface area is 111 Å². The number of aromatic hydroxyl groups is 2. The van der Waals surface area contributed by atoms with Crippen molar-refractivity contribution < 1.29 is 10.2 Å². The first-order chi connectivity index (χ1) is 5.46. The van der Waals surface area contributed by atoms with E-state index in [4.69, 9.17) is 0 Å². The molecule has 0 radical (unpaired) electrons. The minimum Gasteiger partial charge on any atom is -0.504 e. The van der Waals surface area contributed by atoms with Gasteiger partial charge in [-0.1, -0.05) is 0 Å². The van der Waals surface area contributed by atoms with Crippen LogP contribution in [0.1, 0.15) is 5.56 Å². The first-order valence-electron chi connectivity index (χ1n) is 3.01. The summed E-state index contributed by atoms with van der Waals surface area (Å²) in [4.78, 5) is 0. The molecule has 0 fully saturated rings. The second-order valence-electron chi connectivity index (χ2n) is 2.26. The van der Waals surface area contributed by atoms with Crippen molar-refractivity contribution in [2.75, 3.05) is 0 Å². The third-order valence-corrected chi connectivity index (χ3v) is 7.04. The first-order valence-corrected chi connectivity index (χ1v) is 6.25. The fourth-order valence-electron chi connectivity index (χ4n) is 0.750. The summed E-state index contributed by atoms with van der Waals surface area (Å²) in [5.41, 5.74) is 0.734. The van der Waals surface area contributed by atoms with Crippen molar-refractivity contribution in [1.29, 1.82) is 0 Å². The summed E-state index contributed by atoms with van der Waals surface area (Å²) in [5.74, 6) is -0.0258. The van der Waals surface area contributed by atoms with E-state index >= 15 is 0 Å². The van der Waals surface area contributed by atoms with Gasteiger partial charge in [-0.2, -0.15) is 0 Å². The SMILES string of the molecule is Cc1c(O)c(O)c(I)c(I)c1I. The fourth-order valence-corrected chi connectivity index (χ4v) is 2.98. The first kappa shape index (κ1) is 11.1. The van der Waals surface area contributed by atoms with Gasteiger partial charge in [-0.25, -0.2) is 0 Å². The summed E-state index contributed by atoms with van der Waals surface area (Å²) in [5, 5.41) is 18.9. The van der Waals surface area contributed by atoms with Crippen LogP contribution in [-0.4, -0.2) is 10.2 Å². The highest BCUT2D eigenvalue weighted by Gasteiger charge is 2.15. The van der Waals surface area contributed by atoms with E-state index in [1.165, 1.54) is 0 Å². The van der Waals surface area contributed by atoms with Crippen molar-refractivity contribution in [2.45, 2.75) is 6.92 Å². The number of halogens is 3. The van der Waals surface area contributed by atoms with E-state index in [0.29, 0.717) is 3.57 Å². The summed E-state index contributed by atoms with van der Waals surface area (Å²) >= 11 is 6.32. The molecule has 0 aliphatic carbocycles. The van der Waals surface area contributed by atoms with Gasteiger partial charge in [0.15, 0.2) is 11.5 Å². The molecule has 0 heterocycles. The Kier molecular flexibility index (Phi) is 3.72. The highest BCUT2D eigenvalue weighted by molar-refractivity contribution is 14.1. The van der Waals surface area contributed by atoms with Crippen LogP contribution in [0.3, 0.4) is 0 Å². The van der Waals surface area contributed by atoms with Crippen LogP contribution in [0, 0.1) is 17.6 Å². The predicted octanol–water partition coefficient (Wildman–Crippen LogP) is 3.22. The lowest BCUT2D eigenvalue weighted by Crippen LogP contribution is -1.91. The molecule has 0 spiro atoms. The molecule has 0 aliphatic rings. The third-order valence-electron chi connectivity index (χ3n) is 1.50. The van der Waals surface area contributed by atoms with Crippen LogP contribution in [-0.2, 0) is 0 Å². The Balaban J connectivity index is 3.60. The molecule has 0 bridgehead atoms. The summed E-state index contributed by atoms with van der Waals surface area (Å²) < 4.78 is 2.69. The van der Waals surface area contributed by atoms with Gasteiger partial charge in [0.25, 0.3) is 0 Å². The van der Waals surface area contributed by atoms with E-state index in [1.807, 2.05) is 22.6 Å². The Morgan fingerprint density at radius 3 is 1.83 bits per heavy atom. The standard InChI is InChI=1S/C7H5I3O2/c1-2-3(8)4(9)5(10)7(12)6(2)11/h11-12H,1H3. The van der Waals surface area contributed by atoms with Crippen LogP contribution < -0.4 is 0 Å². The topological polar surface area (TPSA) is 40.5 Å².